The number of carbonyl (C=O) groups is 1. The molecule has 0 aliphatic carbocycles. The summed E-state index contributed by atoms with van der Waals surface area (Å²) >= 11 is 0. The molecule has 1 atom stereocenters. The third-order valence-corrected chi connectivity index (χ3v) is 3.59. The second-order valence-electron chi connectivity index (χ2n) is 5.63. The Hall–Kier alpha value is -2.49. The molecule has 27 heavy (non-hydrogen) atoms. The van der Waals surface area contributed by atoms with E-state index in [0.29, 0.717) is 13.2 Å². The van der Waals surface area contributed by atoms with E-state index < -0.39 is 11.1 Å². The highest BCUT2D eigenvalue weighted by molar-refractivity contribution is 5.63. The van der Waals surface area contributed by atoms with Crippen molar-refractivity contribution in [3.8, 4) is 5.75 Å². The largest absolute Gasteiger partial charge is 0.513 e. The lowest BCUT2D eigenvalue weighted by Crippen LogP contribution is -2.22. The van der Waals surface area contributed by atoms with Gasteiger partial charge in [0.25, 0.3) is 5.69 Å². The summed E-state index contributed by atoms with van der Waals surface area (Å²) in [6.45, 7) is 1.84. The third kappa shape index (κ3) is 8.63. The molecule has 1 aromatic rings. The van der Waals surface area contributed by atoms with Crippen LogP contribution in [0.15, 0.2) is 36.4 Å². The molecule has 1 unspecified atom stereocenters. The summed E-state index contributed by atoms with van der Waals surface area (Å²) in [7, 11) is 0. The maximum absolute atomic E-state index is 11.5. The van der Waals surface area contributed by atoms with E-state index in [-0.39, 0.29) is 30.9 Å². The SMILES string of the molecule is O=C(OCCOC/C=C\COC1CCCCO1)Oc1ccc([N+](=O)[O-])cc1. The van der Waals surface area contributed by atoms with E-state index >= 15 is 0 Å². The van der Waals surface area contributed by atoms with E-state index in [0.717, 1.165) is 25.9 Å². The molecule has 0 spiro atoms. The van der Waals surface area contributed by atoms with E-state index in [9.17, 15) is 14.9 Å². The Balaban J connectivity index is 1.47. The number of rotatable bonds is 10. The van der Waals surface area contributed by atoms with Gasteiger partial charge in [-0.2, -0.15) is 0 Å². The Morgan fingerprint density at radius 1 is 1.19 bits per heavy atom. The average molecular weight is 381 g/mol. The van der Waals surface area contributed by atoms with Gasteiger partial charge in [-0.3, -0.25) is 10.1 Å². The lowest BCUT2D eigenvalue weighted by atomic mass is 10.2. The summed E-state index contributed by atoms with van der Waals surface area (Å²) < 4.78 is 26.0. The van der Waals surface area contributed by atoms with Crippen LogP contribution in [-0.4, -0.2) is 50.4 Å². The number of carbonyl (C=O) groups excluding carboxylic acids is 1. The molecule has 1 aliphatic rings. The summed E-state index contributed by atoms with van der Waals surface area (Å²) in [6, 6.07) is 5.12. The van der Waals surface area contributed by atoms with Crippen LogP contribution in [0.2, 0.25) is 0 Å². The molecule has 1 heterocycles. The van der Waals surface area contributed by atoms with Crippen LogP contribution in [0.4, 0.5) is 10.5 Å². The first kappa shape index (κ1) is 20.8. The number of hydrogen-bond acceptors (Lipinski definition) is 8. The Labute approximate surface area is 156 Å². The van der Waals surface area contributed by atoms with Gasteiger partial charge in [0, 0.05) is 18.7 Å². The number of benzene rings is 1. The molecule has 0 radical (unpaired) electrons. The predicted octanol–water partition coefficient (Wildman–Crippen LogP) is 3.23. The van der Waals surface area contributed by atoms with Gasteiger partial charge in [-0.25, -0.2) is 4.79 Å². The van der Waals surface area contributed by atoms with Crippen molar-refractivity contribution >= 4 is 11.8 Å². The van der Waals surface area contributed by atoms with Crippen molar-refractivity contribution in [3.05, 3.63) is 46.5 Å². The Bertz CT molecular complexity index is 610. The number of non-ortho nitro benzene ring substituents is 1. The van der Waals surface area contributed by atoms with E-state index in [2.05, 4.69) is 0 Å². The predicted molar refractivity (Wildman–Crippen MR) is 94.6 cm³/mol. The molecule has 2 rings (SSSR count). The van der Waals surface area contributed by atoms with E-state index in [1.807, 2.05) is 12.2 Å². The molecule has 1 aliphatic heterocycles. The smallest absolute Gasteiger partial charge is 0.432 e. The molecule has 0 aromatic heterocycles. The van der Waals surface area contributed by atoms with Gasteiger partial charge in [0.2, 0.25) is 0 Å². The monoisotopic (exact) mass is 381 g/mol. The second-order valence-corrected chi connectivity index (χ2v) is 5.63. The van der Waals surface area contributed by atoms with Crippen LogP contribution < -0.4 is 4.74 Å². The third-order valence-electron chi connectivity index (χ3n) is 3.59. The zero-order valence-corrected chi connectivity index (χ0v) is 14.9. The van der Waals surface area contributed by atoms with E-state index in [1.54, 1.807) is 0 Å². The first-order chi connectivity index (χ1) is 13.1. The van der Waals surface area contributed by atoms with Gasteiger partial charge in [0.1, 0.15) is 12.4 Å². The molecular formula is C18H23NO8. The standard InChI is InChI=1S/C18H23NO8/c20-18(27-16-8-6-15(7-9-16)19(21)22)26-14-13-23-10-3-4-12-25-17-5-1-2-11-24-17/h3-4,6-9,17H,1-2,5,10-14H2/b4-3-. The fourth-order valence-corrected chi connectivity index (χ4v) is 2.24. The summed E-state index contributed by atoms with van der Waals surface area (Å²) in [5, 5.41) is 10.5. The minimum absolute atomic E-state index is 0.0338. The van der Waals surface area contributed by atoms with Crippen LogP contribution in [0.3, 0.4) is 0 Å². The summed E-state index contributed by atoms with van der Waals surface area (Å²) in [6.07, 6.45) is 5.80. The van der Waals surface area contributed by atoms with Gasteiger partial charge in [0.05, 0.1) is 24.7 Å². The van der Waals surface area contributed by atoms with Crippen molar-refractivity contribution in [2.24, 2.45) is 0 Å². The van der Waals surface area contributed by atoms with Gasteiger partial charge in [-0.15, -0.1) is 0 Å². The van der Waals surface area contributed by atoms with Crippen LogP contribution in [0, 0.1) is 10.1 Å². The molecular weight excluding hydrogens is 358 g/mol. The van der Waals surface area contributed by atoms with E-state index in [4.69, 9.17) is 23.7 Å². The number of ether oxygens (including phenoxy) is 5. The van der Waals surface area contributed by atoms with Crippen LogP contribution in [0.1, 0.15) is 19.3 Å². The van der Waals surface area contributed by atoms with Crippen molar-refractivity contribution in [1.82, 2.24) is 0 Å². The van der Waals surface area contributed by atoms with Crippen molar-refractivity contribution < 1.29 is 33.4 Å². The molecule has 9 nitrogen and oxygen atoms in total. The fraction of sp³-hybridized carbons (Fsp3) is 0.500. The lowest BCUT2D eigenvalue weighted by Gasteiger charge is -2.21. The van der Waals surface area contributed by atoms with Gasteiger partial charge in [0.15, 0.2) is 6.29 Å². The van der Waals surface area contributed by atoms with Crippen molar-refractivity contribution in [2.45, 2.75) is 25.6 Å². The van der Waals surface area contributed by atoms with E-state index in [1.165, 1.54) is 24.3 Å². The number of nitrogens with zero attached hydrogens (tertiary/aromatic N) is 1. The van der Waals surface area contributed by atoms with Crippen LogP contribution >= 0.6 is 0 Å². The maximum Gasteiger partial charge on any atom is 0.513 e. The molecule has 0 saturated carbocycles. The highest BCUT2D eigenvalue weighted by Gasteiger charge is 2.12. The molecule has 9 heteroatoms. The highest BCUT2D eigenvalue weighted by atomic mass is 16.7. The Kier molecular flexibility index (Phi) is 9.25. The highest BCUT2D eigenvalue weighted by Crippen LogP contribution is 2.17. The maximum atomic E-state index is 11.5. The summed E-state index contributed by atoms with van der Waals surface area (Å²) in [4.78, 5) is 21.5. The zero-order chi connectivity index (χ0) is 19.3. The molecule has 1 aromatic carbocycles. The molecule has 148 valence electrons. The van der Waals surface area contributed by atoms with Gasteiger partial charge >= 0.3 is 6.16 Å². The summed E-state index contributed by atoms with van der Waals surface area (Å²) in [5.74, 6) is 0.163. The van der Waals surface area contributed by atoms with Gasteiger partial charge < -0.3 is 23.7 Å². The minimum Gasteiger partial charge on any atom is -0.432 e. The lowest BCUT2D eigenvalue weighted by molar-refractivity contribution is -0.384. The van der Waals surface area contributed by atoms with Crippen molar-refractivity contribution in [3.63, 3.8) is 0 Å². The van der Waals surface area contributed by atoms with Crippen LogP contribution in [0.25, 0.3) is 0 Å². The zero-order valence-electron chi connectivity index (χ0n) is 14.9. The molecule has 0 amide bonds. The molecule has 1 fully saturated rings. The Morgan fingerprint density at radius 2 is 1.96 bits per heavy atom. The Morgan fingerprint density at radius 3 is 2.67 bits per heavy atom. The number of nitro benzene ring substituents is 1. The molecule has 1 saturated heterocycles. The number of hydrogen-bond donors (Lipinski definition) is 0. The fourth-order valence-electron chi connectivity index (χ4n) is 2.24. The minimum atomic E-state index is -0.899. The molecule has 0 N–H and O–H groups in total. The van der Waals surface area contributed by atoms with Crippen LogP contribution in [-0.2, 0) is 18.9 Å². The average Bonchev–Trinajstić information content (AvgIpc) is 2.68. The quantitative estimate of drug-likeness (QED) is 0.152. The second kappa shape index (κ2) is 12.0. The first-order valence-corrected chi connectivity index (χ1v) is 8.70. The van der Waals surface area contributed by atoms with Gasteiger partial charge in [-0.1, -0.05) is 12.2 Å². The first-order valence-electron chi connectivity index (χ1n) is 8.70. The summed E-state index contributed by atoms with van der Waals surface area (Å²) in [5.41, 5.74) is -0.0890. The topological polar surface area (TPSA) is 106 Å². The van der Waals surface area contributed by atoms with Crippen LogP contribution in [0.5, 0.6) is 5.75 Å². The van der Waals surface area contributed by atoms with Gasteiger partial charge in [-0.05, 0) is 31.4 Å². The molecule has 0 bridgehead atoms. The van der Waals surface area contributed by atoms with Crippen molar-refractivity contribution in [2.75, 3.05) is 33.0 Å². The number of nitro groups is 1. The normalized spacial score (nSPS) is 17.0. The van der Waals surface area contributed by atoms with Crippen molar-refractivity contribution in [1.29, 1.82) is 0 Å².